The molecule has 0 rings (SSSR count). The molecule has 0 heterocycles. The van der Waals surface area contributed by atoms with Crippen molar-refractivity contribution in [1.82, 2.24) is 0 Å². The quantitative estimate of drug-likeness (QED) is 0.375. The summed E-state index contributed by atoms with van der Waals surface area (Å²) in [7, 11) is 0. The van der Waals surface area contributed by atoms with E-state index in [-0.39, 0.29) is 6.61 Å². The maximum atomic E-state index is 9.00. The van der Waals surface area contributed by atoms with Gasteiger partial charge in [-0.15, -0.1) is 0 Å². The van der Waals surface area contributed by atoms with Crippen LogP contribution in [0.2, 0.25) is 0 Å². The van der Waals surface area contributed by atoms with Crippen molar-refractivity contribution in [3.8, 4) is 0 Å². The summed E-state index contributed by atoms with van der Waals surface area (Å²) in [6.07, 6.45) is -0.560. The molecule has 0 aromatic carbocycles. The molecular formula is C11H24O10. The van der Waals surface area contributed by atoms with Gasteiger partial charge in [0, 0.05) is 27.7 Å². The second-order valence-corrected chi connectivity index (χ2v) is 3.11. The molecule has 6 N–H and O–H groups in total. The van der Waals surface area contributed by atoms with Gasteiger partial charge >= 0.3 is 0 Å². The van der Waals surface area contributed by atoms with Crippen LogP contribution in [0.25, 0.3) is 0 Å². The third-order valence-corrected chi connectivity index (χ3v) is 0.264. The van der Waals surface area contributed by atoms with E-state index < -0.39 is 30.0 Å². The number of aliphatic carboxylic acids is 4. The molecule has 1 atom stereocenters. The zero-order chi connectivity index (χ0) is 18.6. The molecule has 0 bridgehead atoms. The number of carbonyl (C=O) groups is 4. The molecule has 0 aromatic heterocycles. The lowest BCUT2D eigenvalue weighted by molar-refractivity contribution is -0.135. The Hall–Kier alpha value is -2.20. The average molecular weight is 316 g/mol. The zero-order valence-corrected chi connectivity index (χ0v) is 12.6. The minimum absolute atomic E-state index is 0.139. The van der Waals surface area contributed by atoms with E-state index in [9.17, 15) is 0 Å². The van der Waals surface area contributed by atoms with Gasteiger partial charge in [0.15, 0.2) is 0 Å². The van der Waals surface area contributed by atoms with Crippen LogP contribution in [0.4, 0.5) is 0 Å². The van der Waals surface area contributed by atoms with Gasteiger partial charge in [-0.25, -0.2) is 0 Å². The molecule has 10 nitrogen and oxygen atoms in total. The Kier molecular flexibility index (Phi) is 39.3. The van der Waals surface area contributed by atoms with Gasteiger partial charge in [-0.05, 0) is 6.92 Å². The third kappa shape index (κ3) is 111000. The molecule has 0 aliphatic rings. The first-order valence-corrected chi connectivity index (χ1v) is 5.27. The summed E-state index contributed by atoms with van der Waals surface area (Å²) in [5.41, 5.74) is 0. The Morgan fingerprint density at radius 3 is 0.762 bits per heavy atom. The minimum Gasteiger partial charge on any atom is -0.481 e. The highest BCUT2D eigenvalue weighted by atomic mass is 16.4. The Balaban J connectivity index is -0.0000000510. The summed E-state index contributed by atoms with van der Waals surface area (Å²) < 4.78 is 0. The number of carboxylic acids is 4. The van der Waals surface area contributed by atoms with Crippen molar-refractivity contribution < 1.29 is 49.8 Å². The van der Waals surface area contributed by atoms with Crippen molar-refractivity contribution in [3.63, 3.8) is 0 Å². The highest BCUT2D eigenvalue weighted by molar-refractivity contribution is 5.63. The molecule has 0 amide bonds. The van der Waals surface area contributed by atoms with Crippen LogP contribution >= 0.6 is 0 Å². The first-order valence-electron chi connectivity index (χ1n) is 5.27. The molecule has 0 aliphatic heterocycles. The summed E-state index contributed by atoms with van der Waals surface area (Å²) in [4.78, 5) is 36.0. The number of carboxylic acid groups (broad SMARTS) is 4. The fourth-order valence-electron chi connectivity index (χ4n) is 0. The first kappa shape index (κ1) is 31.3. The topological polar surface area (TPSA) is 190 Å². The fraction of sp³-hybridized carbons (Fsp3) is 0.636. The molecule has 0 saturated carbocycles. The van der Waals surface area contributed by atoms with Gasteiger partial charge < -0.3 is 30.6 Å². The molecule has 10 heteroatoms. The Labute approximate surface area is 122 Å². The molecule has 0 saturated heterocycles. The first-order chi connectivity index (χ1) is 9.20. The largest absolute Gasteiger partial charge is 0.481 e. The predicted octanol–water partition coefficient (Wildman–Crippen LogP) is -0.277. The lowest BCUT2D eigenvalue weighted by atomic mass is 10.5. The number of hydrogen-bond donors (Lipinski definition) is 6. The molecular weight excluding hydrogens is 292 g/mol. The number of aliphatic hydroxyl groups excluding tert-OH is 2. The van der Waals surface area contributed by atoms with Gasteiger partial charge in [0.1, 0.15) is 0 Å². The Bertz CT molecular complexity index is 208. The van der Waals surface area contributed by atoms with Crippen molar-refractivity contribution in [2.24, 2.45) is 0 Å². The van der Waals surface area contributed by atoms with Crippen LogP contribution in [0.1, 0.15) is 34.6 Å². The number of rotatable bonds is 1. The highest BCUT2D eigenvalue weighted by Crippen LogP contribution is 1.68. The monoisotopic (exact) mass is 316 g/mol. The minimum atomic E-state index is -0.833. The van der Waals surface area contributed by atoms with E-state index in [0.717, 1.165) is 27.7 Å². The van der Waals surface area contributed by atoms with Crippen molar-refractivity contribution in [1.29, 1.82) is 0 Å². The van der Waals surface area contributed by atoms with E-state index in [2.05, 4.69) is 0 Å². The van der Waals surface area contributed by atoms with E-state index in [1.165, 1.54) is 6.92 Å². The molecule has 0 fully saturated rings. The smallest absolute Gasteiger partial charge is 0.300 e. The lowest BCUT2D eigenvalue weighted by Crippen LogP contribution is -2.03. The van der Waals surface area contributed by atoms with Gasteiger partial charge in [-0.3, -0.25) is 19.2 Å². The van der Waals surface area contributed by atoms with Crippen molar-refractivity contribution in [3.05, 3.63) is 0 Å². The van der Waals surface area contributed by atoms with Gasteiger partial charge in [0.25, 0.3) is 23.9 Å². The highest BCUT2D eigenvalue weighted by Gasteiger charge is 1.83. The normalized spacial score (nSPS) is 8.33. The van der Waals surface area contributed by atoms with Crippen LogP contribution in [0.5, 0.6) is 0 Å². The maximum Gasteiger partial charge on any atom is 0.300 e. The zero-order valence-electron chi connectivity index (χ0n) is 12.6. The summed E-state index contributed by atoms with van der Waals surface area (Å²) in [6, 6.07) is 0. The Morgan fingerprint density at radius 2 is 0.762 bits per heavy atom. The average Bonchev–Trinajstić information content (AvgIpc) is 2.13. The van der Waals surface area contributed by atoms with Crippen LogP contribution in [0.15, 0.2) is 0 Å². The van der Waals surface area contributed by atoms with Crippen LogP contribution in [0, 0.1) is 0 Å². The Morgan fingerprint density at radius 1 is 0.714 bits per heavy atom. The summed E-state index contributed by atoms with van der Waals surface area (Å²) >= 11 is 0. The molecule has 21 heavy (non-hydrogen) atoms. The van der Waals surface area contributed by atoms with Gasteiger partial charge in [0.05, 0.1) is 12.7 Å². The fourth-order valence-corrected chi connectivity index (χ4v) is 0. The number of hydrogen-bond acceptors (Lipinski definition) is 6. The van der Waals surface area contributed by atoms with E-state index in [1.54, 1.807) is 0 Å². The third-order valence-electron chi connectivity index (χ3n) is 0.264. The van der Waals surface area contributed by atoms with E-state index in [1.807, 2.05) is 0 Å². The molecule has 0 aromatic rings. The summed E-state index contributed by atoms with van der Waals surface area (Å²) in [5.74, 6) is -3.33. The van der Waals surface area contributed by atoms with Gasteiger partial charge in [0.2, 0.25) is 0 Å². The lowest BCUT2D eigenvalue weighted by Gasteiger charge is -1.90. The second kappa shape index (κ2) is 26.4. The van der Waals surface area contributed by atoms with E-state index in [4.69, 9.17) is 49.8 Å². The van der Waals surface area contributed by atoms with Crippen LogP contribution in [-0.2, 0) is 19.2 Å². The van der Waals surface area contributed by atoms with Crippen LogP contribution in [-0.4, -0.2) is 67.2 Å². The molecule has 128 valence electrons. The summed E-state index contributed by atoms with van der Waals surface area (Å²) in [6.45, 7) is 5.72. The number of aliphatic hydroxyl groups is 2. The summed E-state index contributed by atoms with van der Waals surface area (Å²) in [5, 5.41) is 45.7. The molecule has 0 aliphatic carbocycles. The SMILES string of the molecule is CC(=O)O.CC(=O)O.CC(=O)O.CC(=O)O.CC(O)CO. The molecule has 0 radical (unpaired) electrons. The maximum absolute atomic E-state index is 9.00. The van der Waals surface area contributed by atoms with E-state index in [0.29, 0.717) is 0 Å². The van der Waals surface area contributed by atoms with Gasteiger partial charge in [-0.1, -0.05) is 0 Å². The van der Waals surface area contributed by atoms with Crippen molar-refractivity contribution >= 4 is 23.9 Å². The molecule has 0 spiro atoms. The standard InChI is InChI=1S/C3H8O2.4C2H4O2/c1-3(5)2-4;4*1-2(3)4/h3-5H,2H2,1H3;4*1H3,(H,3,4). The van der Waals surface area contributed by atoms with Crippen molar-refractivity contribution in [2.75, 3.05) is 6.61 Å². The van der Waals surface area contributed by atoms with E-state index >= 15 is 0 Å². The van der Waals surface area contributed by atoms with Crippen LogP contribution in [0.3, 0.4) is 0 Å². The van der Waals surface area contributed by atoms with Crippen molar-refractivity contribution in [2.45, 2.75) is 40.7 Å². The predicted molar refractivity (Wildman–Crippen MR) is 72.0 cm³/mol. The van der Waals surface area contributed by atoms with Crippen LogP contribution < -0.4 is 0 Å². The molecule has 1 unspecified atom stereocenters. The van der Waals surface area contributed by atoms with Gasteiger partial charge in [-0.2, -0.15) is 0 Å². The second-order valence-electron chi connectivity index (χ2n) is 3.11.